The summed E-state index contributed by atoms with van der Waals surface area (Å²) in [7, 11) is 0. The summed E-state index contributed by atoms with van der Waals surface area (Å²) < 4.78 is 0. The van der Waals surface area contributed by atoms with Crippen molar-refractivity contribution in [3.63, 3.8) is 0 Å². The van der Waals surface area contributed by atoms with E-state index < -0.39 is 0 Å². The van der Waals surface area contributed by atoms with E-state index >= 15 is 0 Å². The molecule has 0 bridgehead atoms. The monoisotopic (exact) mass is 154 g/mol. The Bertz CT molecular complexity index is 142. The van der Waals surface area contributed by atoms with Crippen molar-refractivity contribution in [3.8, 4) is 0 Å². The van der Waals surface area contributed by atoms with E-state index in [-0.39, 0.29) is 5.60 Å². The van der Waals surface area contributed by atoms with Gasteiger partial charge >= 0.3 is 0 Å². The Balaban J connectivity index is 2.08. The lowest BCUT2D eigenvalue weighted by Gasteiger charge is -2.04. The third kappa shape index (κ3) is 2.06. The molecule has 0 aromatic heterocycles. The largest absolute Gasteiger partial charge is 0.390 e. The molecule has 1 nitrogen and oxygen atoms in total. The average Bonchev–Trinajstić information content (AvgIpc) is 2.64. The van der Waals surface area contributed by atoms with Crippen LogP contribution in [0.15, 0.2) is 12.7 Å². The summed E-state index contributed by atoms with van der Waals surface area (Å²) >= 11 is 0. The summed E-state index contributed by atoms with van der Waals surface area (Å²) in [6, 6.07) is 0. The van der Waals surface area contributed by atoms with Crippen LogP contribution in [0.4, 0.5) is 0 Å². The Morgan fingerprint density at radius 3 is 2.91 bits per heavy atom. The molecule has 0 aromatic carbocycles. The van der Waals surface area contributed by atoms with Crippen molar-refractivity contribution in [2.75, 3.05) is 0 Å². The maximum absolute atomic E-state index is 9.67. The summed E-state index contributed by atoms with van der Waals surface area (Å²) in [6.07, 6.45) is 7.36. The van der Waals surface area contributed by atoms with E-state index in [0.717, 1.165) is 19.3 Å². The molecule has 0 radical (unpaired) electrons. The van der Waals surface area contributed by atoms with Crippen LogP contribution in [0.1, 0.15) is 39.0 Å². The van der Waals surface area contributed by atoms with Crippen LogP contribution in [0.25, 0.3) is 0 Å². The molecule has 1 saturated carbocycles. The maximum atomic E-state index is 9.67. The predicted molar refractivity (Wildman–Crippen MR) is 47.4 cm³/mol. The first-order chi connectivity index (χ1) is 5.23. The lowest BCUT2D eigenvalue weighted by molar-refractivity contribution is 0.124. The first kappa shape index (κ1) is 8.79. The Labute approximate surface area is 69.1 Å². The van der Waals surface area contributed by atoms with E-state index in [1.54, 1.807) is 0 Å². The highest BCUT2D eigenvalue weighted by Gasteiger charge is 2.50. The van der Waals surface area contributed by atoms with Gasteiger partial charge in [0.25, 0.3) is 0 Å². The van der Waals surface area contributed by atoms with Gasteiger partial charge in [-0.2, -0.15) is 0 Å². The third-order valence-electron chi connectivity index (χ3n) is 2.77. The molecule has 1 heteroatoms. The van der Waals surface area contributed by atoms with Crippen LogP contribution in [-0.4, -0.2) is 10.7 Å². The SMILES string of the molecule is C=CCCC[C@@H]1C[C@]1(O)CC. The van der Waals surface area contributed by atoms with E-state index in [9.17, 15) is 5.11 Å². The highest BCUT2D eigenvalue weighted by molar-refractivity contribution is 5.01. The van der Waals surface area contributed by atoms with Gasteiger partial charge < -0.3 is 5.11 Å². The first-order valence-corrected chi connectivity index (χ1v) is 4.56. The number of rotatable bonds is 5. The van der Waals surface area contributed by atoms with Crippen LogP contribution < -0.4 is 0 Å². The van der Waals surface area contributed by atoms with Crippen LogP contribution in [0, 0.1) is 5.92 Å². The standard InChI is InChI=1S/C10H18O/c1-3-5-6-7-9-8-10(9,11)4-2/h3,9,11H,1,4-8H2,2H3/t9-,10-/m1/s1. The van der Waals surface area contributed by atoms with Gasteiger partial charge in [0, 0.05) is 0 Å². The maximum Gasteiger partial charge on any atom is 0.0678 e. The zero-order valence-electron chi connectivity index (χ0n) is 7.34. The van der Waals surface area contributed by atoms with Crippen molar-refractivity contribution in [3.05, 3.63) is 12.7 Å². The summed E-state index contributed by atoms with van der Waals surface area (Å²) in [5.41, 5.74) is -0.277. The Morgan fingerprint density at radius 1 is 1.73 bits per heavy atom. The molecule has 0 aliphatic heterocycles. The number of allylic oxidation sites excluding steroid dienone is 1. The normalized spacial score (nSPS) is 35.3. The lowest BCUT2D eigenvalue weighted by atomic mass is 10.1. The van der Waals surface area contributed by atoms with Gasteiger partial charge in [0.2, 0.25) is 0 Å². The minimum atomic E-state index is -0.277. The van der Waals surface area contributed by atoms with Gasteiger partial charge in [-0.1, -0.05) is 13.0 Å². The molecule has 0 heterocycles. The Morgan fingerprint density at radius 2 is 2.45 bits per heavy atom. The average molecular weight is 154 g/mol. The molecular formula is C10H18O. The molecule has 2 atom stereocenters. The van der Waals surface area contributed by atoms with Crippen molar-refractivity contribution < 1.29 is 5.11 Å². The number of aliphatic hydroxyl groups is 1. The molecule has 1 N–H and O–H groups in total. The van der Waals surface area contributed by atoms with Crippen LogP contribution in [-0.2, 0) is 0 Å². The van der Waals surface area contributed by atoms with Gasteiger partial charge in [-0.05, 0) is 38.0 Å². The molecule has 0 amide bonds. The van der Waals surface area contributed by atoms with Crippen molar-refractivity contribution in [2.45, 2.75) is 44.6 Å². The second kappa shape index (κ2) is 3.40. The van der Waals surface area contributed by atoms with Crippen molar-refractivity contribution >= 4 is 0 Å². The van der Waals surface area contributed by atoms with E-state index in [0.29, 0.717) is 5.92 Å². The number of hydrogen-bond acceptors (Lipinski definition) is 1. The van der Waals surface area contributed by atoms with Crippen LogP contribution in [0.2, 0.25) is 0 Å². The summed E-state index contributed by atoms with van der Waals surface area (Å²) in [4.78, 5) is 0. The summed E-state index contributed by atoms with van der Waals surface area (Å²) in [5.74, 6) is 0.590. The Hall–Kier alpha value is -0.300. The molecule has 1 aliphatic carbocycles. The molecule has 0 saturated heterocycles. The molecule has 0 aromatic rings. The molecule has 1 aliphatic rings. The summed E-state index contributed by atoms with van der Waals surface area (Å²) in [5, 5.41) is 9.67. The first-order valence-electron chi connectivity index (χ1n) is 4.56. The van der Waals surface area contributed by atoms with Gasteiger partial charge in [-0.25, -0.2) is 0 Å². The fourth-order valence-corrected chi connectivity index (χ4v) is 1.68. The van der Waals surface area contributed by atoms with Crippen molar-refractivity contribution in [1.82, 2.24) is 0 Å². The minimum Gasteiger partial charge on any atom is -0.390 e. The molecule has 1 rings (SSSR count). The summed E-state index contributed by atoms with van der Waals surface area (Å²) in [6.45, 7) is 5.73. The zero-order chi connectivity index (χ0) is 8.32. The fraction of sp³-hybridized carbons (Fsp3) is 0.800. The lowest BCUT2D eigenvalue weighted by Crippen LogP contribution is -2.08. The van der Waals surface area contributed by atoms with E-state index in [2.05, 4.69) is 13.5 Å². The third-order valence-corrected chi connectivity index (χ3v) is 2.77. The van der Waals surface area contributed by atoms with Gasteiger partial charge in [-0.3, -0.25) is 0 Å². The minimum absolute atomic E-state index is 0.277. The van der Waals surface area contributed by atoms with Crippen LogP contribution in [0.5, 0.6) is 0 Å². The second-order valence-electron chi connectivity index (χ2n) is 3.58. The van der Waals surface area contributed by atoms with Crippen molar-refractivity contribution in [2.24, 2.45) is 5.92 Å². The molecule has 0 unspecified atom stereocenters. The number of unbranched alkanes of at least 4 members (excludes halogenated alkanes) is 1. The zero-order valence-corrected chi connectivity index (χ0v) is 7.34. The van der Waals surface area contributed by atoms with Gasteiger partial charge in [-0.15, -0.1) is 6.58 Å². The quantitative estimate of drug-likeness (QED) is 0.476. The molecule has 11 heavy (non-hydrogen) atoms. The van der Waals surface area contributed by atoms with Crippen LogP contribution >= 0.6 is 0 Å². The number of hydrogen-bond donors (Lipinski definition) is 1. The topological polar surface area (TPSA) is 20.2 Å². The van der Waals surface area contributed by atoms with E-state index in [1.165, 1.54) is 12.8 Å². The smallest absolute Gasteiger partial charge is 0.0678 e. The van der Waals surface area contributed by atoms with Crippen molar-refractivity contribution in [1.29, 1.82) is 0 Å². The molecular weight excluding hydrogens is 136 g/mol. The van der Waals surface area contributed by atoms with E-state index in [4.69, 9.17) is 0 Å². The highest BCUT2D eigenvalue weighted by Crippen LogP contribution is 2.48. The van der Waals surface area contributed by atoms with Gasteiger partial charge in [0.05, 0.1) is 5.60 Å². The van der Waals surface area contributed by atoms with Gasteiger partial charge in [0.1, 0.15) is 0 Å². The van der Waals surface area contributed by atoms with Crippen LogP contribution in [0.3, 0.4) is 0 Å². The highest BCUT2D eigenvalue weighted by atomic mass is 16.3. The van der Waals surface area contributed by atoms with Gasteiger partial charge in [0.15, 0.2) is 0 Å². The Kier molecular flexibility index (Phi) is 2.72. The molecule has 1 fully saturated rings. The molecule has 64 valence electrons. The second-order valence-corrected chi connectivity index (χ2v) is 3.58. The molecule has 0 spiro atoms. The predicted octanol–water partition coefficient (Wildman–Crippen LogP) is 2.50. The van der Waals surface area contributed by atoms with E-state index in [1.807, 2.05) is 6.08 Å². The fourth-order valence-electron chi connectivity index (χ4n) is 1.68.